The maximum atomic E-state index is 12.6. The summed E-state index contributed by atoms with van der Waals surface area (Å²) in [5.74, 6) is -0.275. The van der Waals surface area contributed by atoms with Gasteiger partial charge >= 0.3 is 0 Å². The van der Waals surface area contributed by atoms with E-state index < -0.39 is 14.8 Å². The van der Waals surface area contributed by atoms with Gasteiger partial charge < -0.3 is 4.90 Å². The summed E-state index contributed by atoms with van der Waals surface area (Å²) in [4.78, 5) is 29.8. The predicted octanol–water partition coefficient (Wildman–Crippen LogP) is 5.60. The first-order chi connectivity index (χ1) is 16.6. The number of nitrogens with zero attached hydrogens (tertiary/aromatic N) is 3. The molecule has 0 atom stereocenters. The molecule has 0 unspecified atom stereocenters. The lowest BCUT2D eigenvalue weighted by atomic mass is 9.97. The van der Waals surface area contributed by atoms with Crippen LogP contribution < -0.4 is 0 Å². The molecule has 1 fully saturated rings. The van der Waals surface area contributed by atoms with Crippen LogP contribution in [0.25, 0.3) is 11.3 Å². The fraction of sp³-hybridized carbons (Fsp3) is 0.304. The van der Waals surface area contributed by atoms with E-state index >= 15 is 0 Å². The topological polar surface area (TPSA) is 110 Å². The molecule has 4 rings (SSSR count). The van der Waals surface area contributed by atoms with Crippen LogP contribution in [0.1, 0.15) is 30.2 Å². The molecule has 12 heteroatoms. The molecule has 1 aromatic heterocycles. The van der Waals surface area contributed by atoms with Crippen LogP contribution in [0.2, 0.25) is 10.0 Å². The van der Waals surface area contributed by atoms with E-state index in [4.69, 9.17) is 23.2 Å². The van der Waals surface area contributed by atoms with Gasteiger partial charge in [0.2, 0.25) is 5.91 Å². The summed E-state index contributed by atoms with van der Waals surface area (Å²) in [5.41, 5.74) is 1.11. The van der Waals surface area contributed by atoms with Crippen LogP contribution in [0.4, 0.5) is 5.69 Å². The Labute approximate surface area is 216 Å². The number of hydrogen-bond acceptors (Lipinski definition) is 7. The maximum absolute atomic E-state index is 12.6. The molecule has 0 radical (unpaired) electrons. The average molecular weight is 554 g/mol. The first-order valence-electron chi connectivity index (χ1n) is 10.8. The minimum atomic E-state index is -3.56. The molecule has 1 aliphatic rings. The highest BCUT2D eigenvalue weighted by atomic mass is 35.5. The van der Waals surface area contributed by atoms with Crippen LogP contribution in [-0.2, 0) is 14.6 Å². The van der Waals surface area contributed by atoms with Gasteiger partial charge in [0.15, 0.2) is 9.84 Å². The van der Waals surface area contributed by atoms with Crippen LogP contribution in [0.15, 0.2) is 52.7 Å². The highest BCUT2D eigenvalue weighted by molar-refractivity contribution is 7.91. The molecule has 1 saturated heterocycles. The smallest absolute Gasteiger partial charge is 0.288 e. The quantitative estimate of drug-likeness (QED) is 0.278. The van der Waals surface area contributed by atoms with Crippen molar-refractivity contribution in [2.45, 2.75) is 30.1 Å². The van der Waals surface area contributed by atoms with Crippen molar-refractivity contribution in [1.29, 1.82) is 0 Å². The van der Waals surface area contributed by atoms with Gasteiger partial charge in [0.25, 0.3) is 5.69 Å². The number of aromatic nitrogens is 1. The molecule has 0 bridgehead atoms. The summed E-state index contributed by atoms with van der Waals surface area (Å²) >= 11 is 13.2. The molecule has 0 saturated carbocycles. The van der Waals surface area contributed by atoms with E-state index in [-0.39, 0.29) is 39.6 Å². The first kappa shape index (κ1) is 25.6. The number of halogens is 2. The van der Waals surface area contributed by atoms with Gasteiger partial charge in [0.05, 0.1) is 26.3 Å². The first-order valence-corrected chi connectivity index (χ1v) is 14.1. The SMILES string of the molecule is O=C(CCS(=O)(=O)c1ccc(Cl)cc1)N1CCC(c2nc(-c3ccc(Cl)c([N+](=O)[O-])c3)cs2)CC1. The molecule has 8 nitrogen and oxygen atoms in total. The Hall–Kier alpha value is -2.53. The highest BCUT2D eigenvalue weighted by Gasteiger charge is 2.27. The molecule has 2 heterocycles. The third-order valence-corrected chi connectivity index (χ3v) is 9.23. The number of sulfone groups is 1. The van der Waals surface area contributed by atoms with Gasteiger partial charge in [0, 0.05) is 47.5 Å². The van der Waals surface area contributed by atoms with E-state index in [1.165, 1.54) is 47.7 Å². The number of piperidine rings is 1. The van der Waals surface area contributed by atoms with E-state index in [0.29, 0.717) is 42.2 Å². The summed E-state index contributed by atoms with van der Waals surface area (Å²) in [5, 5.41) is 14.5. The van der Waals surface area contributed by atoms with E-state index in [1.54, 1.807) is 11.0 Å². The molecule has 3 aromatic rings. The largest absolute Gasteiger partial charge is 0.343 e. The molecule has 0 aliphatic carbocycles. The summed E-state index contributed by atoms with van der Waals surface area (Å²) in [7, 11) is -3.56. The molecule has 0 N–H and O–H groups in total. The third-order valence-electron chi connectivity index (χ3n) is 5.91. The lowest BCUT2D eigenvalue weighted by Crippen LogP contribution is -2.38. The number of nitro groups is 1. The molecule has 184 valence electrons. The Morgan fingerprint density at radius 2 is 1.83 bits per heavy atom. The number of likely N-dealkylation sites (tertiary alicyclic amines) is 1. The van der Waals surface area contributed by atoms with Gasteiger partial charge in [-0.05, 0) is 43.2 Å². The van der Waals surface area contributed by atoms with Gasteiger partial charge in [-0.15, -0.1) is 11.3 Å². The minimum absolute atomic E-state index is 0.0761. The third kappa shape index (κ3) is 6.00. The van der Waals surface area contributed by atoms with Crippen LogP contribution in [0, 0.1) is 10.1 Å². The number of rotatable bonds is 7. The van der Waals surface area contributed by atoms with Crippen LogP contribution in [-0.4, -0.2) is 48.0 Å². The summed E-state index contributed by atoms with van der Waals surface area (Å²) in [6, 6.07) is 10.5. The Balaban J connectivity index is 1.33. The Morgan fingerprint density at radius 1 is 1.14 bits per heavy atom. The van der Waals surface area contributed by atoms with Crippen molar-refractivity contribution < 1.29 is 18.1 Å². The van der Waals surface area contributed by atoms with Crippen LogP contribution in [0.5, 0.6) is 0 Å². The Morgan fingerprint density at radius 3 is 2.49 bits per heavy atom. The van der Waals surface area contributed by atoms with Crippen LogP contribution in [0.3, 0.4) is 0 Å². The average Bonchev–Trinajstić information content (AvgIpc) is 3.33. The van der Waals surface area contributed by atoms with Gasteiger partial charge in [-0.3, -0.25) is 14.9 Å². The van der Waals surface area contributed by atoms with Crippen molar-refractivity contribution in [2.24, 2.45) is 0 Å². The molecular formula is C23H21Cl2N3O5S2. The van der Waals surface area contributed by atoms with Crippen molar-refractivity contribution in [2.75, 3.05) is 18.8 Å². The van der Waals surface area contributed by atoms with E-state index in [0.717, 1.165) is 5.01 Å². The number of carbonyl (C=O) groups is 1. The zero-order chi connectivity index (χ0) is 25.2. The zero-order valence-corrected chi connectivity index (χ0v) is 21.5. The van der Waals surface area contributed by atoms with Crippen molar-refractivity contribution >= 4 is 56.0 Å². The normalized spacial score (nSPS) is 14.7. The molecule has 0 spiro atoms. The van der Waals surface area contributed by atoms with E-state index in [9.17, 15) is 23.3 Å². The van der Waals surface area contributed by atoms with E-state index in [2.05, 4.69) is 4.98 Å². The highest BCUT2D eigenvalue weighted by Crippen LogP contribution is 2.35. The molecule has 35 heavy (non-hydrogen) atoms. The van der Waals surface area contributed by atoms with Gasteiger partial charge in [-0.2, -0.15) is 0 Å². The van der Waals surface area contributed by atoms with Gasteiger partial charge in [-0.1, -0.05) is 29.3 Å². The lowest BCUT2D eigenvalue weighted by molar-refractivity contribution is -0.384. The number of thiazole rings is 1. The Kier molecular flexibility index (Phi) is 7.75. The number of carbonyl (C=O) groups excluding carboxylic acids is 1. The molecule has 1 aliphatic heterocycles. The van der Waals surface area contributed by atoms with Crippen molar-refractivity contribution in [3.8, 4) is 11.3 Å². The van der Waals surface area contributed by atoms with Crippen molar-refractivity contribution in [3.05, 3.63) is 73.0 Å². The second-order valence-corrected chi connectivity index (χ2v) is 12.0. The van der Waals surface area contributed by atoms with Gasteiger partial charge in [0.1, 0.15) is 5.02 Å². The standard InChI is InChI=1S/C23H21Cl2N3O5S2/c24-17-2-4-18(5-3-17)35(32,33)12-9-22(29)27-10-7-15(8-11-27)23-26-20(14-34-23)16-1-6-19(25)21(13-16)28(30)31/h1-6,13-15H,7-12H2. The monoisotopic (exact) mass is 553 g/mol. The maximum Gasteiger partial charge on any atom is 0.288 e. The predicted molar refractivity (Wildman–Crippen MR) is 136 cm³/mol. The summed E-state index contributed by atoms with van der Waals surface area (Å²) in [6.45, 7) is 1.04. The molecule has 2 aromatic carbocycles. The Bertz CT molecular complexity index is 1350. The minimum Gasteiger partial charge on any atom is -0.343 e. The van der Waals surface area contributed by atoms with Crippen LogP contribution >= 0.6 is 34.5 Å². The second kappa shape index (κ2) is 10.6. The van der Waals surface area contributed by atoms with E-state index in [1.807, 2.05) is 5.38 Å². The number of hydrogen-bond donors (Lipinski definition) is 0. The second-order valence-electron chi connectivity index (χ2n) is 8.17. The fourth-order valence-corrected chi connectivity index (χ4v) is 6.48. The van der Waals surface area contributed by atoms with Gasteiger partial charge in [-0.25, -0.2) is 13.4 Å². The summed E-state index contributed by atoms with van der Waals surface area (Å²) in [6.07, 6.45) is 1.35. The number of nitro benzene ring substituents is 1. The molecule has 1 amide bonds. The molecular weight excluding hydrogens is 533 g/mol. The number of amides is 1. The fourth-order valence-electron chi connectivity index (χ4n) is 3.94. The lowest BCUT2D eigenvalue weighted by Gasteiger charge is -2.31. The summed E-state index contributed by atoms with van der Waals surface area (Å²) < 4.78 is 25.0. The van der Waals surface area contributed by atoms with Crippen molar-refractivity contribution in [1.82, 2.24) is 9.88 Å². The van der Waals surface area contributed by atoms with Crippen molar-refractivity contribution in [3.63, 3.8) is 0 Å². The number of benzene rings is 2. The zero-order valence-electron chi connectivity index (χ0n) is 18.4.